The molecular formula is C28H42O3. The average molecular weight is 427 g/mol. The molecule has 3 saturated carbocycles. The molecule has 2 aliphatic heterocycles. The Morgan fingerprint density at radius 1 is 0.968 bits per heavy atom. The zero-order valence-corrected chi connectivity index (χ0v) is 20.3. The number of carbonyl (C=O) groups excluding carboxylic acids is 1. The van der Waals surface area contributed by atoms with E-state index in [1.807, 2.05) is 0 Å². The van der Waals surface area contributed by atoms with E-state index in [1.54, 1.807) is 0 Å². The minimum Gasteiger partial charge on any atom is -0.349 e. The van der Waals surface area contributed by atoms with Crippen molar-refractivity contribution in [3.63, 3.8) is 0 Å². The van der Waals surface area contributed by atoms with Crippen molar-refractivity contribution in [3.05, 3.63) is 11.6 Å². The van der Waals surface area contributed by atoms with E-state index in [1.165, 1.54) is 44.1 Å². The van der Waals surface area contributed by atoms with Crippen LogP contribution in [0.5, 0.6) is 0 Å². The molecule has 172 valence electrons. The van der Waals surface area contributed by atoms with E-state index in [2.05, 4.69) is 40.7 Å². The van der Waals surface area contributed by atoms with Gasteiger partial charge in [0.25, 0.3) is 0 Å². The van der Waals surface area contributed by atoms with Gasteiger partial charge >= 0.3 is 0 Å². The van der Waals surface area contributed by atoms with Crippen molar-refractivity contribution in [1.82, 2.24) is 0 Å². The molecule has 2 saturated heterocycles. The molecule has 3 heteroatoms. The van der Waals surface area contributed by atoms with E-state index in [0.29, 0.717) is 35.4 Å². The van der Waals surface area contributed by atoms with E-state index in [-0.39, 0.29) is 16.9 Å². The number of allylic oxidation sites excluding steroid dienone is 2. The highest BCUT2D eigenvalue weighted by atomic mass is 16.7. The van der Waals surface area contributed by atoms with Crippen LogP contribution in [0.3, 0.4) is 0 Å². The molecule has 0 radical (unpaired) electrons. The van der Waals surface area contributed by atoms with E-state index >= 15 is 0 Å². The lowest BCUT2D eigenvalue weighted by Crippen LogP contribution is -2.53. The standard InChI is InChI=1S/C28H42O3/c1-16-8-10-26(4)19(12-16)6-7-20-21(26)14-24(29)27(5)22(20)13-23-25(27)18(3)28(31-23)11-9-17(2)15-30-28/h14,16-20,22-23,25H,6-13,15H2,1-5H3/t16-,17+,18-,19-,20+,22-,23-,25-,26-,27+,28+/m0/s1. The molecule has 31 heavy (non-hydrogen) atoms. The molecule has 0 bridgehead atoms. The zero-order valence-electron chi connectivity index (χ0n) is 20.3. The summed E-state index contributed by atoms with van der Waals surface area (Å²) in [4.78, 5) is 14.0. The Hall–Kier alpha value is -0.670. The second-order valence-corrected chi connectivity index (χ2v) is 13.0. The highest BCUT2D eigenvalue weighted by Crippen LogP contribution is 2.69. The van der Waals surface area contributed by atoms with Crippen LogP contribution in [0.15, 0.2) is 11.6 Å². The van der Waals surface area contributed by atoms with Crippen LogP contribution in [0.1, 0.15) is 86.0 Å². The van der Waals surface area contributed by atoms with Crippen LogP contribution in [0.4, 0.5) is 0 Å². The topological polar surface area (TPSA) is 35.5 Å². The summed E-state index contributed by atoms with van der Waals surface area (Å²) in [7, 11) is 0. The molecule has 2 heterocycles. The van der Waals surface area contributed by atoms with E-state index in [9.17, 15) is 4.79 Å². The van der Waals surface area contributed by atoms with E-state index in [0.717, 1.165) is 31.3 Å². The van der Waals surface area contributed by atoms with Gasteiger partial charge in [-0.25, -0.2) is 0 Å². The molecule has 5 fully saturated rings. The van der Waals surface area contributed by atoms with Gasteiger partial charge in [-0.15, -0.1) is 0 Å². The van der Waals surface area contributed by atoms with Crippen molar-refractivity contribution in [3.8, 4) is 0 Å². The fraction of sp³-hybridized carbons (Fsp3) is 0.893. The third-order valence-corrected chi connectivity index (χ3v) is 11.5. The average Bonchev–Trinajstić information content (AvgIpc) is 3.18. The molecule has 0 aromatic rings. The normalized spacial score (nSPS) is 58.4. The van der Waals surface area contributed by atoms with Crippen LogP contribution < -0.4 is 0 Å². The minimum absolute atomic E-state index is 0.187. The lowest BCUT2D eigenvalue weighted by atomic mass is 9.47. The number of hydrogen-bond acceptors (Lipinski definition) is 3. The summed E-state index contributed by atoms with van der Waals surface area (Å²) in [5.41, 5.74) is 1.51. The van der Waals surface area contributed by atoms with Crippen LogP contribution >= 0.6 is 0 Å². The molecule has 1 spiro atoms. The number of hydrogen-bond donors (Lipinski definition) is 0. The fourth-order valence-electron chi connectivity index (χ4n) is 9.52. The SMILES string of the molecule is C[C@@H]1CC[C@@]2(OC1)O[C@H]1C[C@H]3[C@@H]4CC[C@H]5C[C@@H](C)CC[C@]5(C)C4=CC(=O)[C@]3(C)[C@H]1[C@@H]2C. The van der Waals surface area contributed by atoms with Crippen molar-refractivity contribution in [1.29, 1.82) is 0 Å². The summed E-state index contributed by atoms with van der Waals surface area (Å²) in [5, 5.41) is 0. The largest absolute Gasteiger partial charge is 0.349 e. The minimum atomic E-state index is -0.441. The van der Waals surface area contributed by atoms with Crippen molar-refractivity contribution in [2.24, 2.45) is 52.3 Å². The second kappa shape index (κ2) is 6.69. The molecule has 4 aliphatic carbocycles. The van der Waals surface area contributed by atoms with Crippen LogP contribution in [-0.2, 0) is 14.3 Å². The van der Waals surface area contributed by atoms with Gasteiger partial charge in [-0.05, 0) is 86.0 Å². The van der Waals surface area contributed by atoms with Gasteiger partial charge in [0, 0.05) is 23.7 Å². The molecule has 0 aromatic heterocycles. The Morgan fingerprint density at radius 2 is 1.74 bits per heavy atom. The maximum Gasteiger partial charge on any atom is 0.171 e. The fourth-order valence-corrected chi connectivity index (χ4v) is 9.52. The summed E-state index contributed by atoms with van der Waals surface area (Å²) in [6.07, 6.45) is 12.1. The van der Waals surface area contributed by atoms with Gasteiger partial charge in [0.15, 0.2) is 11.6 Å². The predicted molar refractivity (Wildman–Crippen MR) is 121 cm³/mol. The highest BCUT2D eigenvalue weighted by Gasteiger charge is 2.70. The molecule has 6 rings (SSSR count). The molecule has 0 unspecified atom stereocenters. The number of ketones is 1. The summed E-state index contributed by atoms with van der Waals surface area (Å²) >= 11 is 0. The summed E-state index contributed by atoms with van der Waals surface area (Å²) in [6, 6.07) is 0. The molecule has 0 aromatic carbocycles. The number of carbonyl (C=O) groups is 1. The molecular weight excluding hydrogens is 384 g/mol. The van der Waals surface area contributed by atoms with Gasteiger partial charge in [-0.1, -0.05) is 40.2 Å². The Morgan fingerprint density at radius 3 is 2.48 bits per heavy atom. The first-order valence-electron chi connectivity index (χ1n) is 13.3. The van der Waals surface area contributed by atoms with Crippen molar-refractivity contribution >= 4 is 5.78 Å². The molecule has 11 atom stereocenters. The Kier molecular flexibility index (Phi) is 4.51. The molecule has 0 amide bonds. The Balaban J connectivity index is 1.34. The van der Waals surface area contributed by atoms with E-state index in [4.69, 9.17) is 9.47 Å². The first-order valence-corrected chi connectivity index (χ1v) is 13.3. The molecule has 3 nitrogen and oxygen atoms in total. The second-order valence-electron chi connectivity index (χ2n) is 13.0. The van der Waals surface area contributed by atoms with Crippen LogP contribution in [0.25, 0.3) is 0 Å². The van der Waals surface area contributed by atoms with Gasteiger partial charge in [-0.2, -0.15) is 0 Å². The first-order chi connectivity index (χ1) is 14.7. The Labute approximate surface area is 188 Å². The quantitative estimate of drug-likeness (QED) is 0.465. The van der Waals surface area contributed by atoms with Gasteiger partial charge in [0.2, 0.25) is 0 Å². The van der Waals surface area contributed by atoms with Gasteiger partial charge in [0.1, 0.15) is 0 Å². The van der Waals surface area contributed by atoms with Crippen molar-refractivity contribution < 1.29 is 14.3 Å². The van der Waals surface area contributed by atoms with Crippen molar-refractivity contribution in [2.75, 3.05) is 6.61 Å². The summed E-state index contributed by atoms with van der Waals surface area (Å²) in [5.74, 6) is 3.83. The smallest absolute Gasteiger partial charge is 0.171 e. The number of ether oxygens (including phenoxy) is 2. The third-order valence-electron chi connectivity index (χ3n) is 11.5. The van der Waals surface area contributed by atoms with Gasteiger partial charge in [-0.3, -0.25) is 4.79 Å². The third kappa shape index (κ3) is 2.63. The van der Waals surface area contributed by atoms with Crippen LogP contribution in [0.2, 0.25) is 0 Å². The number of rotatable bonds is 0. The maximum absolute atomic E-state index is 14.0. The predicted octanol–water partition coefficient (Wildman–Crippen LogP) is 6.17. The summed E-state index contributed by atoms with van der Waals surface area (Å²) < 4.78 is 13.2. The lowest BCUT2D eigenvalue weighted by molar-refractivity contribution is -0.271. The van der Waals surface area contributed by atoms with Crippen LogP contribution in [0, 0.1) is 52.3 Å². The highest BCUT2D eigenvalue weighted by molar-refractivity contribution is 5.97. The number of fused-ring (bicyclic) bond motifs is 7. The van der Waals surface area contributed by atoms with Gasteiger partial charge < -0.3 is 9.47 Å². The zero-order chi connectivity index (χ0) is 21.8. The maximum atomic E-state index is 14.0. The molecule has 0 N–H and O–H groups in total. The van der Waals surface area contributed by atoms with Gasteiger partial charge in [0.05, 0.1) is 12.7 Å². The first kappa shape index (κ1) is 20.9. The molecule has 6 aliphatic rings. The van der Waals surface area contributed by atoms with Crippen molar-refractivity contribution in [2.45, 2.75) is 97.9 Å². The summed E-state index contributed by atoms with van der Waals surface area (Å²) in [6.45, 7) is 12.6. The van der Waals surface area contributed by atoms with E-state index < -0.39 is 5.79 Å². The lowest BCUT2D eigenvalue weighted by Gasteiger charge is -2.56. The van der Waals surface area contributed by atoms with Crippen LogP contribution in [-0.4, -0.2) is 24.3 Å². The monoisotopic (exact) mass is 426 g/mol. The Bertz CT molecular complexity index is 807.